The molecule has 0 saturated carbocycles. The number of amides is 3. The first-order chi connectivity index (χ1) is 15.5. The zero-order chi connectivity index (χ0) is 22.5. The molecule has 0 unspecified atom stereocenters. The number of hydrogen-bond acceptors (Lipinski definition) is 6. The molecule has 162 valence electrons. The van der Waals surface area contributed by atoms with Gasteiger partial charge in [0, 0.05) is 29.3 Å². The minimum absolute atomic E-state index is 0.0917. The number of benzene rings is 1. The van der Waals surface area contributed by atoms with Crippen LogP contribution in [0.4, 0.5) is 0 Å². The lowest BCUT2D eigenvalue weighted by atomic mass is 9.93. The maximum atomic E-state index is 12.6. The average molecular weight is 431 g/mol. The van der Waals surface area contributed by atoms with E-state index >= 15 is 0 Å². The summed E-state index contributed by atoms with van der Waals surface area (Å²) in [5.74, 6) is -0.716. The Bertz CT molecular complexity index is 1190. The molecule has 2 aromatic heterocycles. The molecule has 0 aliphatic heterocycles. The van der Waals surface area contributed by atoms with Crippen molar-refractivity contribution in [3.8, 4) is 0 Å². The van der Waals surface area contributed by atoms with Gasteiger partial charge in [-0.2, -0.15) is 5.10 Å². The van der Waals surface area contributed by atoms with E-state index in [1.54, 1.807) is 55.5 Å². The molecular weight excluding hydrogens is 410 g/mol. The highest BCUT2D eigenvalue weighted by molar-refractivity contribution is 6.07. The predicted molar refractivity (Wildman–Crippen MR) is 116 cm³/mol. The SMILES string of the molecule is Cc1c(C(=O)NNC(=O)c2ccccc2)oc2c1/C(=N/NC(=O)c1ccccn1)CCC2. The summed E-state index contributed by atoms with van der Waals surface area (Å²) in [4.78, 5) is 41.1. The van der Waals surface area contributed by atoms with Crippen LogP contribution in [0.3, 0.4) is 0 Å². The van der Waals surface area contributed by atoms with Gasteiger partial charge in [0.25, 0.3) is 11.8 Å². The van der Waals surface area contributed by atoms with Crippen molar-refractivity contribution in [1.82, 2.24) is 21.3 Å². The Morgan fingerprint density at radius 3 is 2.44 bits per heavy atom. The van der Waals surface area contributed by atoms with Gasteiger partial charge < -0.3 is 4.42 Å². The number of pyridine rings is 1. The van der Waals surface area contributed by atoms with Gasteiger partial charge in [-0.25, -0.2) is 5.43 Å². The van der Waals surface area contributed by atoms with E-state index in [4.69, 9.17) is 4.42 Å². The summed E-state index contributed by atoms with van der Waals surface area (Å²) >= 11 is 0. The summed E-state index contributed by atoms with van der Waals surface area (Å²) in [7, 11) is 0. The molecule has 3 N–H and O–H groups in total. The van der Waals surface area contributed by atoms with Crippen LogP contribution in [0.5, 0.6) is 0 Å². The van der Waals surface area contributed by atoms with Crippen LogP contribution < -0.4 is 16.3 Å². The fraction of sp³-hybridized carbons (Fsp3) is 0.174. The molecule has 3 aromatic rings. The zero-order valence-corrected chi connectivity index (χ0v) is 17.3. The van der Waals surface area contributed by atoms with Gasteiger partial charge in [0.1, 0.15) is 11.5 Å². The Labute approximate surface area is 183 Å². The van der Waals surface area contributed by atoms with Crippen molar-refractivity contribution < 1.29 is 18.8 Å². The van der Waals surface area contributed by atoms with Gasteiger partial charge in [0.05, 0.1) is 5.71 Å². The van der Waals surface area contributed by atoms with Crippen molar-refractivity contribution >= 4 is 23.4 Å². The quantitative estimate of drug-likeness (QED) is 0.548. The summed E-state index contributed by atoms with van der Waals surface area (Å²) < 4.78 is 5.79. The molecule has 3 amide bonds. The Hall–Kier alpha value is -4.27. The Morgan fingerprint density at radius 1 is 0.938 bits per heavy atom. The normalized spacial score (nSPS) is 13.8. The molecular formula is C23H21N5O4. The monoisotopic (exact) mass is 431 g/mol. The van der Waals surface area contributed by atoms with E-state index < -0.39 is 17.7 Å². The second-order valence-corrected chi connectivity index (χ2v) is 7.20. The maximum Gasteiger partial charge on any atom is 0.305 e. The number of nitrogens with zero attached hydrogens (tertiary/aromatic N) is 2. The van der Waals surface area contributed by atoms with E-state index in [1.165, 1.54) is 6.20 Å². The first-order valence-corrected chi connectivity index (χ1v) is 10.1. The van der Waals surface area contributed by atoms with Gasteiger partial charge in [0.15, 0.2) is 5.76 Å². The first kappa shape index (κ1) is 21.0. The average Bonchev–Trinajstić information content (AvgIpc) is 3.19. The van der Waals surface area contributed by atoms with Crippen molar-refractivity contribution in [2.24, 2.45) is 5.10 Å². The summed E-state index contributed by atoms with van der Waals surface area (Å²) in [6.07, 6.45) is 3.57. The summed E-state index contributed by atoms with van der Waals surface area (Å²) in [6, 6.07) is 13.6. The van der Waals surface area contributed by atoms with Crippen LogP contribution >= 0.6 is 0 Å². The lowest BCUT2D eigenvalue weighted by molar-refractivity contribution is 0.0829. The molecule has 0 bridgehead atoms. The van der Waals surface area contributed by atoms with Crippen LogP contribution in [0.15, 0.2) is 64.2 Å². The minimum Gasteiger partial charge on any atom is -0.455 e. The topological polar surface area (TPSA) is 126 Å². The third kappa shape index (κ3) is 4.41. The van der Waals surface area contributed by atoms with E-state index in [0.29, 0.717) is 41.0 Å². The molecule has 1 aliphatic rings. The standard InChI is InChI=1S/C23H21N5O4/c1-14-19-16(25-27-22(30)17-10-5-6-13-24-17)11-7-12-18(19)32-20(14)23(31)28-26-21(29)15-8-3-2-4-9-15/h2-6,8-10,13H,7,11-12H2,1H3,(H,26,29)(H,27,30)(H,28,31)/b25-16+. The lowest BCUT2D eigenvalue weighted by Crippen LogP contribution is -2.41. The molecule has 0 saturated heterocycles. The van der Waals surface area contributed by atoms with E-state index in [1.807, 2.05) is 0 Å². The molecule has 0 spiro atoms. The number of carbonyl (C=O) groups is 3. The highest BCUT2D eigenvalue weighted by Crippen LogP contribution is 2.29. The largest absolute Gasteiger partial charge is 0.455 e. The Morgan fingerprint density at radius 2 is 1.69 bits per heavy atom. The number of aromatic nitrogens is 1. The van der Waals surface area contributed by atoms with Crippen molar-refractivity contribution in [1.29, 1.82) is 0 Å². The molecule has 9 nitrogen and oxygen atoms in total. The molecule has 4 rings (SSSR count). The van der Waals surface area contributed by atoms with Crippen molar-refractivity contribution in [2.45, 2.75) is 26.2 Å². The van der Waals surface area contributed by atoms with Crippen molar-refractivity contribution in [3.05, 3.63) is 88.6 Å². The molecule has 1 aliphatic carbocycles. The molecule has 0 atom stereocenters. The zero-order valence-electron chi connectivity index (χ0n) is 17.3. The smallest absolute Gasteiger partial charge is 0.305 e. The molecule has 0 radical (unpaired) electrons. The number of hydrogen-bond donors (Lipinski definition) is 3. The number of nitrogens with one attached hydrogen (secondary N) is 3. The lowest BCUT2D eigenvalue weighted by Gasteiger charge is -2.13. The van der Waals surface area contributed by atoms with Gasteiger partial charge in [0.2, 0.25) is 0 Å². The number of hydrazine groups is 1. The first-order valence-electron chi connectivity index (χ1n) is 10.1. The summed E-state index contributed by atoms with van der Waals surface area (Å²) in [6.45, 7) is 1.75. The third-order valence-corrected chi connectivity index (χ3v) is 5.05. The highest BCUT2D eigenvalue weighted by Gasteiger charge is 2.28. The third-order valence-electron chi connectivity index (χ3n) is 5.05. The molecule has 9 heteroatoms. The van der Waals surface area contributed by atoms with Crippen molar-refractivity contribution in [2.75, 3.05) is 0 Å². The van der Waals surface area contributed by atoms with E-state index in [9.17, 15) is 14.4 Å². The van der Waals surface area contributed by atoms with Crippen LogP contribution in [-0.2, 0) is 6.42 Å². The van der Waals surface area contributed by atoms with Crippen LogP contribution in [0, 0.1) is 6.92 Å². The number of fused-ring (bicyclic) bond motifs is 1. The van der Waals surface area contributed by atoms with Crippen molar-refractivity contribution in [3.63, 3.8) is 0 Å². The van der Waals surface area contributed by atoms with Gasteiger partial charge in [-0.1, -0.05) is 24.3 Å². The number of hydrazone groups is 1. The molecule has 0 fully saturated rings. The summed E-state index contributed by atoms with van der Waals surface area (Å²) in [5.41, 5.74) is 9.89. The molecule has 1 aromatic carbocycles. The van der Waals surface area contributed by atoms with Gasteiger partial charge in [-0.3, -0.25) is 30.2 Å². The number of aryl methyl sites for hydroxylation is 1. The fourth-order valence-corrected chi connectivity index (χ4v) is 3.50. The van der Waals surface area contributed by atoms with Crippen LogP contribution in [0.1, 0.15) is 61.1 Å². The predicted octanol–water partition coefficient (Wildman–Crippen LogP) is 2.53. The van der Waals surface area contributed by atoms with Gasteiger partial charge in [-0.05, 0) is 44.0 Å². The Balaban J connectivity index is 1.48. The van der Waals surface area contributed by atoms with E-state index in [-0.39, 0.29) is 11.5 Å². The second-order valence-electron chi connectivity index (χ2n) is 7.20. The number of carbonyl (C=O) groups excluding carboxylic acids is 3. The fourth-order valence-electron chi connectivity index (χ4n) is 3.50. The van der Waals surface area contributed by atoms with Gasteiger partial charge in [-0.15, -0.1) is 0 Å². The molecule has 32 heavy (non-hydrogen) atoms. The van der Waals surface area contributed by atoms with Crippen LogP contribution in [0.25, 0.3) is 0 Å². The summed E-state index contributed by atoms with van der Waals surface area (Å²) in [5, 5.41) is 4.26. The Kier molecular flexibility index (Phi) is 6.07. The van der Waals surface area contributed by atoms with E-state index in [2.05, 4.69) is 26.4 Å². The molecule has 2 heterocycles. The second kappa shape index (κ2) is 9.25. The minimum atomic E-state index is -0.571. The van der Waals surface area contributed by atoms with Crippen LogP contribution in [0.2, 0.25) is 0 Å². The number of rotatable bonds is 4. The maximum absolute atomic E-state index is 12.6. The number of furan rings is 1. The highest BCUT2D eigenvalue weighted by atomic mass is 16.4. The van der Waals surface area contributed by atoms with E-state index in [0.717, 1.165) is 6.42 Å². The van der Waals surface area contributed by atoms with Gasteiger partial charge >= 0.3 is 5.91 Å². The van der Waals surface area contributed by atoms with Crippen LogP contribution in [-0.4, -0.2) is 28.4 Å².